The molecule has 4 N–H and O–H groups in total. The maximum atomic E-state index is 11.3. The van der Waals surface area contributed by atoms with E-state index in [0.29, 0.717) is 11.6 Å². The molecule has 10 heteroatoms. The largest absolute Gasteiger partial charge is 0.481 e. The lowest BCUT2D eigenvalue weighted by molar-refractivity contribution is -0.149. The van der Waals surface area contributed by atoms with Gasteiger partial charge in [-0.15, -0.1) is 0 Å². The molecule has 0 saturated heterocycles. The number of hydrogen-bond donors (Lipinski definition) is 4. The molecular weight excluding hydrogens is 374 g/mol. The molecule has 0 radical (unpaired) electrons. The van der Waals surface area contributed by atoms with E-state index in [9.17, 15) is 15.0 Å². The summed E-state index contributed by atoms with van der Waals surface area (Å²) in [7, 11) is 0. The van der Waals surface area contributed by atoms with Gasteiger partial charge in [-0.1, -0.05) is 0 Å². The minimum atomic E-state index is -1.33. The smallest absolute Gasteiger partial charge is 0.313 e. The molecule has 0 amide bonds. The molecule has 0 aliphatic rings. The fourth-order valence-electron chi connectivity index (χ4n) is 2.96. The van der Waals surface area contributed by atoms with Crippen LogP contribution in [0.1, 0.15) is 32.6 Å². The minimum Gasteiger partial charge on any atom is -0.481 e. The Balaban J connectivity index is 1.80. The predicted molar refractivity (Wildman–Crippen MR) is 109 cm³/mol. The number of carboxylic acid groups (broad SMARTS) is 1. The molecule has 154 valence electrons. The number of aliphatic carboxylic acids is 1. The van der Waals surface area contributed by atoms with Crippen LogP contribution >= 0.6 is 0 Å². The van der Waals surface area contributed by atoms with Crippen molar-refractivity contribution in [3.63, 3.8) is 0 Å². The van der Waals surface area contributed by atoms with E-state index in [1.165, 1.54) is 6.92 Å². The summed E-state index contributed by atoms with van der Waals surface area (Å²) in [6.45, 7) is 7.10. The lowest BCUT2D eigenvalue weighted by Gasteiger charge is -2.22. The number of aryl methyl sites for hydroxylation is 1. The van der Waals surface area contributed by atoms with E-state index in [2.05, 4.69) is 49.0 Å². The van der Waals surface area contributed by atoms with Gasteiger partial charge in [-0.2, -0.15) is 4.98 Å². The van der Waals surface area contributed by atoms with E-state index >= 15 is 0 Å². The highest BCUT2D eigenvalue weighted by molar-refractivity contribution is 5.79. The van der Waals surface area contributed by atoms with Gasteiger partial charge in [-0.3, -0.25) is 4.79 Å². The third-order valence-corrected chi connectivity index (χ3v) is 4.68. The van der Waals surface area contributed by atoms with Gasteiger partial charge in [0, 0.05) is 24.8 Å². The van der Waals surface area contributed by atoms with Crippen LogP contribution in [-0.4, -0.2) is 53.8 Å². The average Bonchev–Trinajstić information content (AvgIpc) is 3.01. The number of imidazole rings is 1. The number of nitrogens with zero attached hydrogens (tertiary/aromatic N) is 5. The molecule has 0 spiro atoms. The Kier molecular flexibility index (Phi) is 5.64. The Labute approximate surface area is 168 Å². The number of rotatable bonds is 8. The third kappa shape index (κ3) is 4.27. The summed E-state index contributed by atoms with van der Waals surface area (Å²) < 4.78 is 2.14. The zero-order chi connectivity index (χ0) is 21.2. The number of fused-ring (bicyclic) bond motifs is 1. The van der Waals surface area contributed by atoms with Crippen LogP contribution in [0.3, 0.4) is 0 Å². The molecule has 3 heterocycles. The normalized spacial score (nSPS) is 13.4. The number of aromatic nitrogens is 5. The second-order valence-electron chi connectivity index (χ2n) is 7.45. The van der Waals surface area contributed by atoms with Crippen molar-refractivity contribution in [3.05, 3.63) is 30.4 Å². The molecule has 0 bridgehead atoms. The number of hydrogen-bond acceptors (Lipinski definition) is 8. The van der Waals surface area contributed by atoms with Gasteiger partial charge >= 0.3 is 5.97 Å². The van der Waals surface area contributed by atoms with Crippen molar-refractivity contribution in [3.8, 4) is 0 Å². The zero-order valence-corrected chi connectivity index (χ0v) is 16.8. The molecule has 0 saturated carbocycles. The molecule has 3 aromatic heterocycles. The van der Waals surface area contributed by atoms with Crippen molar-refractivity contribution in [1.29, 1.82) is 0 Å². The van der Waals surface area contributed by atoms with E-state index < -0.39 is 18.0 Å². The van der Waals surface area contributed by atoms with Crippen LogP contribution in [-0.2, 0) is 4.79 Å². The lowest BCUT2D eigenvalue weighted by Crippen LogP contribution is -2.38. The van der Waals surface area contributed by atoms with E-state index in [4.69, 9.17) is 0 Å². The van der Waals surface area contributed by atoms with Crippen LogP contribution in [0, 0.1) is 12.3 Å². The number of anilines is 3. The maximum Gasteiger partial charge on any atom is 0.313 e. The van der Waals surface area contributed by atoms with Gasteiger partial charge in [-0.25, -0.2) is 15.0 Å². The highest BCUT2D eigenvalue weighted by atomic mass is 16.4. The molecule has 1 atom stereocenters. The molecule has 0 aromatic carbocycles. The summed E-state index contributed by atoms with van der Waals surface area (Å²) in [6, 6.07) is 3.86. The van der Waals surface area contributed by atoms with E-state index in [0.717, 1.165) is 16.9 Å². The van der Waals surface area contributed by atoms with Gasteiger partial charge in [-0.05, 0) is 33.8 Å². The lowest BCUT2D eigenvalue weighted by atomic mass is 9.92. The fraction of sp³-hybridized carbons (Fsp3) is 0.421. The first-order chi connectivity index (χ1) is 13.7. The first-order valence-electron chi connectivity index (χ1n) is 9.26. The Morgan fingerprint density at radius 1 is 1.28 bits per heavy atom. The quantitative estimate of drug-likeness (QED) is 0.449. The van der Waals surface area contributed by atoms with Crippen LogP contribution in [0.5, 0.6) is 0 Å². The SMILES string of the molecule is Cc1nc2cnc(Nc3ccnc(NCC(C)(CO)C(=O)O)n3)cc2n1C(C)C. The van der Waals surface area contributed by atoms with Crippen LogP contribution in [0.4, 0.5) is 17.6 Å². The molecule has 3 aromatic rings. The summed E-state index contributed by atoms with van der Waals surface area (Å²) >= 11 is 0. The zero-order valence-electron chi connectivity index (χ0n) is 16.8. The first-order valence-corrected chi connectivity index (χ1v) is 9.26. The summed E-state index contributed by atoms with van der Waals surface area (Å²) in [6.07, 6.45) is 3.26. The molecule has 29 heavy (non-hydrogen) atoms. The topological polar surface area (TPSA) is 138 Å². The average molecular weight is 399 g/mol. The number of aliphatic hydroxyl groups excluding tert-OH is 1. The van der Waals surface area contributed by atoms with Crippen LogP contribution in [0.15, 0.2) is 24.5 Å². The highest BCUT2D eigenvalue weighted by Gasteiger charge is 2.32. The van der Waals surface area contributed by atoms with Gasteiger partial charge in [0.2, 0.25) is 5.95 Å². The molecule has 0 aliphatic heterocycles. The van der Waals surface area contributed by atoms with E-state index in [-0.39, 0.29) is 18.5 Å². The number of carboxylic acids is 1. The van der Waals surface area contributed by atoms with Crippen molar-refractivity contribution < 1.29 is 15.0 Å². The van der Waals surface area contributed by atoms with Crippen molar-refractivity contribution >= 4 is 34.6 Å². The standard InChI is InChI=1S/C19H25N7O3/c1-11(2)26-12(3)23-13-8-21-16(7-14(13)26)24-15-5-6-20-18(25-15)22-9-19(4,10-27)17(28)29/h5-8,11,27H,9-10H2,1-4H3,(H,28,29)(H2,20,21,22,24,25). The summed E-state index contributed by atoms with van der Waals surface area (Å²) in [5.74, 6) is 1.18. The molecular formula is C19H25N7O3. The van der Waals surface area contributed by atoms with Gasteiger partial charge in [0.15, 0.2) is 0 Å². The second kappa shape index (κ2) is 8.00. The Morgan fingerprint density at radius 2 is 2.03 bits per heavy atom. The number of carbonyl (C=O) groups is 1. The van der Waals surface area contributed by atoms with Gasteiger partial charge in [0.05, 0.1) is 18.3 Å². The molecule has 1 unspecified atom stereocenters. The third-order valence-electron chi connectivity index (χ3n) is 4.68. The minimum absolute atomic E-state index is 0.0145. The van der Waals surface area contributed by atoms with Gasteiger partial charge in [0.1, 0.15) is 28.4 Å². The Morgan fingerprint density at radius 3 is 2.69 bits per heavy atom. The molecule has 3 rings (SSSR count). The van der Waals surface area contributed by atoms with Crippen molar-refractivity contribution in [2.24, 2.45) is 5.41 Å². The van der Waals surface area contributed by atoms with Crippen molar-refractivity contribution in [2.75, 3.05) is 23.8 Å². The second-order valence-corrected chi connectivity index (χ2v) is 7.45. The fourth-order valence-corrected chi connectivity index (χ4v) is 2.96. The highest BCUT2D eigenvalue weighted by Crippen LogP contribution is 2.24. The molecule has 0 fully saturated rings. The Bertz CT molecular complexity index is 1030. The monoisotopic (exact) mass is 399 g/mol. The van der Waals surface area contributed by atoms with Gasteiger partial charge < -0.3 is 25.4 Å². The van der Waals surface area contributed by atoms with Gasteiger partial charge in [0.25, 0.3) is 0 Å². The maximum absolute atomic E-state index is 11.3. The van der Waals surface area contributed by atoms with Crippen LogP contribution in [0.2, 0.25) is 0 Å². The summed E-state index contributed by atoms with van der Waals surface area (Å²) in [5.41, 5.74) is 0.471. The number of nitrogens with one attached hydrogen (secondary N) is 2. The predicted octanol–water partition coefficient (Wildman–Crippen LogP) is 2.35. The Hall–Kier alpha value is -3.27. The van der Waals surface area contributed by atoms with E-state index in [1.54, 1.807) is 18.5 Å². The van der Waals surface area contributed by atoms with Crippen LogP contribution in [0.25, 0.3) is 11.0 Å². The number of pyridine rings is 1. The first kappa shape index (κ1) is 20.5. The van der Waals surface area contributed by atoms with Crippen LogP contribution < -0.4 is 10.6 Å². The molecule has 10 nitrogen and oxygen atoms in total. The van der Waals surface area contributed by atoms with E-state index in [1.807, 2.05) is 13.0 Å². The number of aliphatic hydroxyl groups is 1. The molecule has 0 aliphatic carbocycles. The summed E-state index contributed by atoms with van der Waals surface area (Å²) in [4.78, 5) is 28.7. The van der Waals surface area contributed by atoms with Crippen molar-refractivity contribution in [1.82, 2.24) is 24.5 Å². The summed E-state index contributed by atoms with van der Waals surface area (Å²) in [5, 5.41) is 24.6. The van der Waals surface area contributed by atoms with Crippen molar-refractivity contribution in [2.45, 2.75) is 33.7 Å².